The van der Waals surface area contributed by atoms with Gasteiger partial charge in [-0.1, -0.05) is 53.1 Å². The fourth-order valence-electron chi connectivity index (χ4n) is 3.67. The van der Waals surface area contributed by atoms with Gasteiger partial charge in [-0.25, -0.2) is 9.97 Å². The van der Waals surface area contributed by atoms with Gasteiger partial charge in [0.15, 0.2) is 16.6 Å². The molecule has 0 unspecified atom stereocenters. The lowest BCUT2D eigenvalue weighted by Crippen LogP contribution is -2.48. The topological polar surface area (TPSA) is 78.6 Å². The minimum absolute atomic E-state index is 0.0842. The molecule has 1 aliphatic heterocycles. The smallest absolute Gasteiger partial charge is 0.192 e. The van der Waals surface area contributed by atoms with E-state index in [0.29, 0.717) is 34.8 Å². The molecule has 3 rings (SSSR count). The van der Waals surface area contributed by atoms with E-state index in [1.807, 2.05) is 10.8 Å². The number of ether oxygens (including phenoxy) is 1. The molecular formula is C24H42ClN3O4Si2. The molecule has 1 saturated heterocycles. The summed E-state index contributed by atoms with van der Waals surface area (Å²) in [6.45, 7) is 22.9. The molecule has 0 bridgehead atoms. The van der Waals surface area contributed by atoms with Gasteiger partial charge >= 0.3 is 0 Å². The molecule has 0 aliphatic carbocycles. The predicted octanol–water partition coefficient (Wildman–Crippen LogP) is 6.28. The van der Waals surface area contributed by atoms with Gasteiger partial charge in [0.05, 0.1) is 24.7 Å². The maximum absolute atomic E-state index is 9.91. The molecule has 7 nitrogen and oxygen atoms in total. The highest BCUT2D eigenvalue weighted by molar-refractivity contribution is 6.74. The maximum Gasteiger partial charge on any atom is 0.192 e. The molecule has 34 heavy (non-hydrogen) atoms. The number of rotatable bonds is 7. The molecule has 3 heterocycles. The summed E-state index contributed by atoms with van der Waals surface area (Å²) in [7, 11) is -3.99. The standard InChI is InChI=1S/C24H42ClN3O4Si2/c1-23(2,3)33(7,8)30-14-18-17(32-34(9,10)24(4,5)6)11-19(31-18)28-12-16(13-29)20-21(25)26-15-27-22(20)28/h12,15,17-19,29H,11,13-14H2,1-10H3/t17-,18+,19-/m1/s1. The Morgan fingerprint density at radius 3 is 2.26 bits per heavy atom. The first-order chi connectivity index (χ1) is 15.5. The average molecular weight is 528 g/mol. The van der Waals surface area contributed by atoms with Crippen LogP contribution in [0.5, 0.6) is 0 Å². The van der Waals surface area contributed by atoms with Crippen molar-refractivity contribution in [1.82, 2.24) is 14.5 Å². The third kappa shape index (κ3) is 5.45. The summed E-state index contributed by atoms with van der Waals surface area (Å²) >= 11 is 6.35. The first kappa shape index (κ1) is 27.8. The summed E-state index contributed by atoms with van der Waals surface area (Å²) in [4.78, 5) is 8.55. The van der Waals surface area contributed by atoms with E-state index in [4.69, 9.17) is 25.2 Å². The van der Waals surface area contributed by atoms with Crippen LogP contribution < -0.4 is 0 Å². The average Bonchev–Trinajstić information content (AvgIpc) is 3.26. The lowest BCUT2D eigenvalue weighted by molar-refractivity contribution is -0.0382. The Morgan fingerprint density at radius 1 is 1.09 bits per heavy atom. The van der Waals surface area contributed by atoms with E-state index in [1.165, 1.54) is 6.33 Å². The Balaban J connectivity index is 1.93. The van der Waals surface area contributed by atoms with Crippen LogP contribution in [0, 0.1) is 0 Å². The number of aliphatic hydroxyl groups is 1. The Hall–Kier alpha value is -0.816. The van der Waals surface area contributed by atoms with Crippen molar-refractivity contribution < 1.29 is 18.7 Å². The van der Waals surface area contributed by atoms with Crippen LogP contribution in [0.2, 0.25) is 41.4 Å². The predicted molar refractivity (Wildman–Crippen MR) is 142 cm³/mol. The molecule has 1 fully saturated rings. The Kier molecular flexibility index (Phi) is 7.82. The van der Waals surface area contributed by atoms with E-state index in [0.717, 1.165) is 0 Å². The SMILES string of the molecule is CC(C)(C)[Si](C)(C)OC[C@@H]1O[C@@H](n2cc(CO)c3c(Cl)ncnc32)C[C@H]1O[Si](C)(C)C(C)(C)C. The Morgan fingerprint density at radius 2 is 1.71 bits per heavy atom. The van der Waals surface area contributed by atoms with Gasteiger partial charge in [-0.15, -0.1) is 0 Å². The van der Waals surface area contributed by atoms with E-state index in [1.54, 1.807) is 0 Å². The molecule has 0 saturated carbocycles. The minimum atomic E-state index is -2.04. The normalized spacial score (nSPS) is 22.6. The highest BCUT2D eigenvalue weighted by atomic mass is 35.5. The molecule has 2 aromatic rings. The molecule has 1 N–H and O–H groups in total. The number of fused-ring (bicyclic) bond motifs is 1. The Labute approximate surface area is 211 Å². The highest BCUT2D eigenvalue weighted by Crippen LogP contribution is 2.43. The van der Waals surface area contributed by atoms with Gasteiger partial charge in [-0.05, 0) is 36.3 Å². The van der Waals surface area contributed by atoms with Crippen LogP contribution >= 0.6 is 11.6 Å². The third-order valence-electron chi connectivity index (χ3n) is 7.97. The zero-order chi connectivity index (χ0) is 25.7. The lowest BCUT2D eigenvalue weighted by atomic mass is 10.2. The molecule has 10 heteroatoms. The van der Waals surface area contributed by atoms with Crippen molar-refractivity contribution in [2.24, 2.45) is 0 Å². The van der Waals surface area contributed by atoms with Crippen LogP contribution in [0.3, 0.4) is 0 Å². The summed E-state index contributed by atoms with van der Waals surface area (Å²) < 4.78 is 22.0. The molecule has 2 aromatic heterocycles. The summed E-state index contributed by atoms with van der Waals surface area (Å²) in [6.07, 6.45) is 3.41. The van der Waals surface area contributed by atoms with Crippen molar-refractivity contribution in [2.75, 3.05) is 6.61 Å². The van der Waals surface area contributed by atoms with Crippen LogP contribution in [0.4, 0.5) is 0 Å². The number of aromatic nitrogens is 3. The number of hydrogen-bond acceptors (Lipinski definition) is 6. The van der Waals surface area contributed by atoms with Crippen LogP contribution in [0.1, 0.15) is 59.8 Å². The summed E-state index contributed by atoms with van der Waals surface area (Å²) in [5, 5.41) is 11.1. The molecular weight excluding hydrogens is 486 g/mol. The van der Waals surface area contributed by atoms with Crippen molar-refractivity contribution in [3.63, 3.8) is 0 Å². The van der Waals surface area contributed by atoms with Crippen molar-refractivity contribution in [1.29, 1.82) is 0 Å². The summed E-state index contributed by atoms with van der Waals surface area (Å²) in [5.74, 6) is 0. The van der Waals surface area contributed by atoms with Crippen LogP contribution in [-0.2, 0) is 20.2 Å². The van der Waals surface area contributed by atoms with Crippen LogP contribution in [0.15, 0.2) is 12.5 Å². The number of halogens is 1. The number of aliphatic hydroxyl groups excluding tert-OH is 1. The van der Waals surface area contributed by atoms with Crippen molar-refractivity contribution in [3.05, 3.63) is 23.2 Å². The van der Waals surface area contributed by atoms with E-state index in [9.17, 15) is 5.11 Å². The lowest BCUT2D eigenvalue weighted by Gasteiger charge is -2.40. The first-order valence-corrected chi connectivity index (χ1v) is 18.3. The summed E-state index contributed by atoms with van der Waals surface area (Å²) in [6, 6.07) is 0. The number of hydrogen-bond donors (Lipinski definition) is 1. The van der Waals surface area contributed by atoms with Crippen molar-refractivity contribution in [2.45, 2.75) is 109 Å². The quantitative estimate of drug-likeness (QED) is 0.337. The molecule has 0 aromatic carbocycles. The molecule has 3 atom stereocenters. The third-order valence-corrected chi connectivity index (χ3v) is 17.3. The van der Waals surface area contributed by atoms with Crippen LogP contribution in [-0.4, -0.2) is 55.1 Å². The molecule has 0 spiro atoms. The molecule has 0 radical (unpaired) electrons. The number of nitrogens with zero attached hydrogens (tertiary/aromatic N) is 3. The minimum Gasteiger partial charge on any atom is -0.414 e. The monoisotopic (exact) mass is 527 g/mol. The fourth-order valence-corrected chi connectivity index (χ4v) is 6.29. The largest absolute Gasteiger partial charge is 0.414 e. The van der Waals surface area contributed by atoms with Gasteiger partial charge in [0.2, 0.25) is 0 Å². The highest BCUT2D eigenvalue weighted by Gasteiger charge is 2.46. The van der Waals surface area contributed by atoms with Crippen LogP contribution in [0.25, 0.3) is 11.0 Å². The molecule has 0 amide bonds. The first-order valence-electron chi connectivity index (χ1n) is 12.1. The second-order valence-corrected chi connectivity index (χ2v) is 22.4. The fraction of sp³-hybridized carbons (Fsp3) is 0.750. The van der Waals surface area contributed by atoms with Gasteiger partial charge in [0, 0.05) is 18.2 Å². The molecule has 192 valence electrons. The zero-order valence-corrected chi connectivity index (χ0v) is 25.2. The van der Waals surface area contributed by atoms with Gasteiger partial charge in [-0.3, -0.25) is 0 Å². The zero-order valence-electron chi connectivity index (χ0n) is 22.4. The van der Waals surface area contributed by atoms with E-state index in [2.05, 4.69) is 77.7 Å². The Bertz CT molecular complexity index is 1010. The van der Waals surface area contributed by atoms with Gasteiger partial charge in [0.25, 0.3) is 0 Å². The van der Waals surface area contributed by atoms with Gasteiger partial charge in [0.1, 0.15) is 29.5 Å². The maximum atomic E-state index is 9.91. The second-order valence-electron chi connectivity index (χ2n) is 12.4. The second kappa shape index (κ2) is 9.57. The van der Waals surface area contributed by atoms with Crippen molar-refractivity contribution >= 4 is 39.3 Å². The van der Waals surface area contributed by atoms with Gasteiger partial charge < -0.3 is 23.3 Å². The van der Waals surface area contributed by atoms with E-state index < -0.39 is 16.6 Å². The molecule has 1 aliphatic rings. The van der Waals surface area contributed by atoms with Gasteiger partial charge in [-0.2, -0.15) is 0 Å². The van der Waals surface area contributed by atoms with E-state index in [-0.39, 0.29) is 35.1 Å². The van der Waals surface area contributed by atoms with E-state index >= 15 is 0 Å². The van der Waals surface area contributed by atoms with Crippen molar-refractivity contribution in [3.8, 4) is 0 Å². The summed E-state index contributed by atoms with van der Waals surface area (Å²) in [5.41, 5.74) is 1.35.